The van der Waals surface area contributed by atoms with Crippen LogP contribution in [0, 0.1) is 6.92 Å². The van der Waals surface area contributed by atoms with Crippen LogP contribution in [0.4, 0.5) is 10.5 Å². The van der Waals surface area contributed by atoms with Crippen molar-refractivity contribution in [2.24, 2.45) is 0 Å². The van der Waals surface area contributed by atoms with Crippen molar-refractivity contribution in [2.45, 2.75) is 45.8 Å². The topological polar surface area (TPSA) is 29.5 Å². The number of ether oxygens (including phenoxy) is 1. The summed E-state index contributed by atoms with van der Waals surface area (Å²) in [5.74, 6) is 0. The van der Waals surface area contributed by atoms with Crippen LogP contribution in [0.5, 0.6) is 0 Å². The predicted molar refractivity (Wildman–Crippen MR) is 100 cm³/mol. The third-order valence-electron chi connectivity index (χ3n) is 4.51. The van der Waals surface area contributed by atoms with Gasteiger partial charge >= 0.3 is 6.09 Å². The van der Waals surface area contributed by atoms with E-state index in [4.69, 9.17) is 4.74 Å². The lowest BCUT2D eigenvalue weighted by atomic mass is 9.93. The minimum atomic E-state index is -0.267. The molecule has 3 nitrogen and oxygen atoms in total. The average molecular weight is 388 g/mol. The van der Waals surface area contributed by atoms with Gasteiger partial charge in [-0.25, -0.2) is 4.79 Å². The predicted octanol–water partition coefficient (Wildman–Crippen LogP) is 5.63. The van der Waals surface area contributed by atoms with Crippen LogP contribution in [-0.2, 0) is 17.8 Å². The fourth-order valence-corrected chi connectivity index (χ4v) is 4.12. The van der Waals surface area contributed by atoms with Crippen molar-refractivity contribution in [3.63, 3.8) is 0 Å². The summed E-state index contributed by atoms with van der Waals surface area (Å²) in [5, 5.41) is 0. The molecule has 1 heterocycles. The van der Waals surface area contributed by atoms with Gasteiger partial charge in [-0.1, -0.05) is 43.3 Å². The molecular weight excluding hydrogens is 366 g/mol. The van der Waals surface area contributed by atoms with E-state index in [1.807, 2.05) is 35.2 Å². The van der Waals surface area contributed by atoms with Gasteiger partial charge in [0, 0.05) is 10.5 Å². The molecule has 0 aliphatic carbocycles. The zero-order valence-electron chi connectivity index (χ0n) is 14.1. The summed E-state index contributed by atoms with van der Waals surface area (Å²) in [4.78, 5) is 14.7. The monoisotopic (exact) mass is 387 g/mol. The maximum atomic E-state index is 12.8. The Kier molecular flexibility index (Phi) is 5.24. The molecule has 3 rings (SSSR count). The van der Waals surface area contributed by atoms with Gasteiger partial charge in [0.2, 0.25) is 0 Å². The molecule has 0 saturated carbocycles. The standard InChI is InChI=1S/C20H22BrNO2/c1-3-17-10-9-16-11-14(2)12-18(21)19(16)22(17)20(23)24-13-15-7-5-4-6-8-15/h4-8,11-12,17H,3,9-10,13H2,1-2H3. The van der Waals surface area contributed by atoms with Gasteiger partial charge in [-0.05, 0) is 64.9 Å². The molecule has 0 fully saturated rings. The quantitative estimate of drug-likeness (QED) is 0.683. The number of amides is 1. The maximum absolute atomic E-state index is 12.8. The first-order valence-electron chi connectivity index (χ1n) is 8.39. The minimum Gasteiger partial charge on any atom is -0.444 e. The Morgan fingerprint density at radius 1 is 1.29 bits per heavy atom. The van der Waals surface area contributed by atoms with Crippen molar-refractivity contribution < 1.29 is 9.53 Å². The van der Waals surface area contributed by atoms with Gasteiger partial charge in [0.1, 0.15) is 6.61 Å². The Hall–Kier alpha value is -1.81. The zero-order valence-corrected chi connectivity index (χ0v) is 15.7. The Morgan fingerprint density at radius 2 is 2.04 bits per heavy atom. The number of carbonyl (C=O) groups is 1. The zero-order chi connectivity index (χ0) is 17.1. The third-order valence-corrected chi connectivity index (χ3v) is 5.12. The average Bonchev–Trinajstić information content (AvgIpc) is 2.59. The molecule has 1 aliphatic rings. The summed E-state index contributed by atoms with van der Waals surface area (Å²) in [6.45, 7) is 4.50. The first-order valence-corrected chi connectivity index (χ1v) is 9.18. The second-order valence-corrected chi connectivity index (χ2v) is 7.12. The van der Waals surface area contributed by atoms with Crippen molar-refractivity contribution in [2.75, 3.05) is 4.90 Å². The van der Waals surface area contributed by atoms with Crippen LogP contribution in [0.25, 0.3) is 0 Å². The highest BCUT2D eigenvalue weighted by Crippen LogP contribution is 2.39. The number of carbonyl (C=O) groups excluding carboxylic acids is 1. The lowest BCUT2D eigenvalue weighted by molar-refractivity contribution is 0.143. The molecular formula is C20H22BrNO2. The van der Waals surface area contributed by atoms with Crippen molar-refractivity contribution in [3.05, 3.63) is 63.6 Å². The molecule has 0 N–H and O–H groups in total. The van der Waals surface area contributed by atoms with Crippen LogP contribution in [0.15, 0.2) is 46.9 Å². The maximum Gasteiger partial charge on any atom is 0.414 e. The van der Waals surface area contributed by atoms with Crippen LogP contribution in [0.3, 0.4) is 0 Å². The van der Waals surface area contributed by atoms with E-state index in [9.17, 15) is 4.79 Å². The highest BCUT2D eigenvalue weighted by atomic mass is 79.9. The molecule has 1 aliphatic heterocycles. The highest BCUT2D eigenvalue weighted by molar-refractivity contribution is 9.10. The molecule has 0 spiro atoms. The van der Waals surface area contributed by atoms with E-state index in [1.165, 1.54) is 11.1 Å². The van der Waals surface area contributed by atoms with E-state index in [-0.39, 0.29) is 12.1 Å². The van der Waals surface area contributed by atoms with E-state index in [2.05, 4.69) is 41.9 Å². The third kappa shape index (κ3) is 3.48. The fraction of sp³-hybridized carbons (Fsp3) is 0.350. The van der Waals surface area contributed by atoms with Gasteiger partial charge in [-0.2, -0.15) is 0 Å². The van der Waals surface area contributed by atoms with Gasteiger partial charge in [-0.3, -0.25) is 4.90 Å². The Labute approximate surface area is 151 Å². The number of hydrogen-bond acceptors (Lipinski definition) is 2. The molecule has 1 unspecified atom stereocenters. The van der Waals surface area contributed by atoms with E-state index < -0.39 is 0 Å². The Bertz CT molecular complexity index is 730. The van der Waals surface area contributed by atoms with Crippen molar-refractivity contribution in [1.82, 2.24) is 0 Å². The number of hydrogen-bond donors (Lipinski definition) is 0. The van der Waals surface area contributed by atoms with Gasteiger partial charge in [-0.15, -0.1) is 0 Å². The second-order valence-electron chi connectivity index (χ2n) is 6.27. The molecule has 1 amide bonds. The van der Waals surface area contributed by atoms with Crippen molar-refractivity contribution >= 4 is 27.7 Å². The largest absolute Gasteiger partial charge is 0.444 e. The van der Waals surface area contributed by atoms with Crippen LogP contribution in [0.1, 0.15) is 36.5 Å². The summed E-state index contributed by atoms with van der Waals surface area (Å²) >= 11 is 3.64. The summed E-state index contributed by atoms with van der Waals surface area (Å²) in [5.41, 5.74) is 4.38. The summed E-state index contributed by atoms with van der Waals surface area (Å²) in [6.07, 6.45) is 2.62. The lowest BCUT2D eigenvalue weighted by Gasteiger charge is -2.37. The molecule has 0 aromatic heterocycles. The van der Waals surface area contributed by atoms with Crippen LogP contribution < -0.4 is 4.90 Å². The van der Waals surface area contributed by atoms with Gasteiger partial charge in [0.15, 0.2) is 0 Å². The molecule has 2 aromatic carbocycles. The van der Waals surface area contributed by atoms with Crippen LogP contribution >= 0.6 is 15.9 Å². The van der Waals surface area contributed by atoms with E-state index >= 15 is 0 Å². The fourth-order valence-electron chi connectivity index (χ4n) is 3.32. The minimum absolute atomic E-state index is 0.180. The molecule has 0 bridgehead atoms. The van der Waals surface area contributed by atoms with Gasteiger partial charge in [0.25, 0.3) is 0 Å². The summed E-state index contributed by atoms with van der Waals surface area (Å²) in [7, 11) is 0. The Balaban J connectivity index is 1.86. The van der Waals surface area contributed by atoms with E-state index in [1.54, 1.807) is 0 Å². The first kappa shape index (κ1) is 17.0. The molecule has 24 heavy (non-hydrogen) atoms. The summed E-state index contributed by atoms with van der Waals surface area (Å²) < 4.78 is 6.57. The number of halogens is 1. The highest BCUT2D eigenvalue weighted by Gasteiger charge is 2.32. The number of nitrogens with zero attached hydrogens (tertiary/aromatic N) is 1. The van der Waals surface area contributed by atoms with Crippen LogP contribution in [0.2, 0.25) is 0 Å². The lowest BCUT2D eigenvalue weighted by Crippen LogP contribution is -2.44. The molecule has 1 atom stereocenters. The Morgan fingerprint density at radius 3 is 2.75 bits per heavy atom. The first-order chi connectivity index (χ1) is 11.6. The van der Waals surface area contributed by atoms with E-state index in [0.29, 0.717) is 6.61 Å². The number of aryl methyl sites for hydroxylation is 2. The molecule has 4 heteroatoms. The molecule has 126 valence electrons. The summed E-state index contributed by atoms with van der Waals surface area (Å²) in [6, 6.07) is 14.2. The smallest absolute Gasteiger partial charge is 0.414 e. The van der Waals surface area contributed by atoms with E-state index in [0.717, 1.165) is 35.0 Å². The molecule has 0 saturated heterocycles. The number of anilines is 1. The molecule has 2 aromatic rings. The normalized spacial score (nSPS) is 16.6. The number of benzene rings is 2. The molecule has 0 radical (unpaired) electrons. The number of fused-ring (bicyclic) bond motifs is 1. The van der Waals surface area contributed by atoms with Crippen molar-refractivity contribution in [3.8, 4) is 0 Å². The van der Waals surface area contributed by atoms with Gasteiger partial charge in [0.05, 0.1) is 5.69 Å². The SMILES string of the molecule is CCC1CCc2cc(C)cc(Br)c2N1C(=O)OCc1ccccc1. The van der Waals surface area contributed by atoms with Crippen molar-refractivity contribution in [1.29, 1.82) is 0 Å². The van der Waals surface area contributed by atoms with Crippen LogP contribution in [-0.4, -0.2) is 12.1 Å². The second kappa shape index (κ2) is 7.39. The van der Waals surface area contributed by atoms with Gasteiger partial charge < -0.3 is 4.74 Å². The number of rotatable bonds is 3.